The first-order chi connectivity index (χ1) is 17.1. The molecule has 1 aromatic heterocycles. The third-order valence-corrected chi connectivity index (χ3v) is 6.32. The number of hydrogen-bond acceptors (Lipinski definition) is 5. The molecule has 0 bridgehead atoms. The zero-order valence-electron chi connectivity index (χ0n) is 19.8. The Bertz CT molecular complexity index is 1430. The van der Waals surface area contributed by atoms with Gasteiger partial charge in [0.2, 0.25) is 5.76 Å². The van der Waals surface area contributed by atoms with E-state index in [0.29, 0.717) is 40.3 Å². The number of carbonyl (C=O) groups excluding carboxylic acids is 1. The fourth-order valence-electron chi connectivity index (χ4n) is 4.60. The molecular weight excluding hydrogens is 442 g/mol. The van der Waals surface area contributed by atoms with E-state index in [2.05, 4.69) is 6.92 Å². The molecule has 3 aromatic carbocycles. The van der Waals surface area contributed by atoms with E-state index in [9.17, 15) is 9.59 Å². The number of nitrogens with zero attached hydrogens (tertiary/aromatic N) is 1. The van der Waals surface area contributed by atoms with Crippen molar-refractivity contribution < 1.29 is 18.7 Å². The lowest BCUT2D eigenvalue weighted by Crippen LogP contribution is -2.29. The molecule has 178 valence electrons. The lowest BCUT2D eigenvalue weighted by molar-refractivity contribution is 0.0971. The Morgan fingerprint density at radius 3 is 2.46 bits per heavy atom. The highest BCUT2D eigenvalue weighted by Gasteiger charge is 2.43. The quantitative estimate of drug-likeness (QED) is 0.291. The molecule has 6 heteroatoms. The molecule has 0 spiro atoms. The van der Waals surface area contributed by atoms with Crippen LogP contribution in [0.1, 0.15) is 53.9 Å². The number of amides is 1. The third-order valence-electron chi connectivity index (χ3n) is 6.32. The summed E-state index contributed by atoms with van der Waals surface area (Å²) < 4.78 is 17.6. The van der Waals surface area contributed by atoms with E-state index in [1.165, 1.54) is 0 Å². The second-order valence-corrected chi connectivity index (χ2v) is 8.55. The Hall–Kier alpha value is -4.06. The summed E-state index contributed by atoms with van der Waals surface area (Å²) in [6.45, 7) is 2.74. The average Bonchev–Trinajstić information content (AvgIpc) is 3.19. The van der Waals surface area contributed by atoms with Gasteiger partial charge in [-0.1, -0.05) is 56.2 Å². The third kappa shape index (κ3) is 4.05. The van der Waals surface area contributed by atoms with E-state index < -0.39 is 6.04 Å². The van der Waals surface area contributed by atoms with Crippen LogP contribution in [0.4, 0.5) is 5.69 Å². The molecule has 1 unspecified atom stereocenters. The highest BCUT2D eigenvalue weighted by atomic mass is 16.5. The molecule has 0 radical (unpaired) electrons. The molecule has 0 fully saturated rings. The molecule has 1 aliphatic heterocycles. The number of fused-ring (bicyclic) bond motifs is 2. The van der Waals surface area contributed by atoms with Crippen molar-refractivity contribution >= 4 is 22.6 Å². The van der Waals surface area contributed by atoms with Crippen LogP contribution in [0.25, 0.3) is 11.0 Å². The van der Waals surface area contributed by atoms with Gasteiger partial charge in [0.05, 0.1) is 30.7 Å². The Balaban J connectivity index is 1.65. The number of unbranched alkanes of at least 4 members (excludes halogenated alkanes) is 2. The number of carbonyl (C=O) groups is 1. The highest BCUT2D eigenvalue weighted by molar-refractivity contribution is 6.10. The first-order valence-corrected chi connectivity index (χ1v) is 11.9. The molecule has 1 aliphatic rings. The molecular formula is C29H27NO5. The van der Waals surface area contributed by atoms with E-state index >= 15 is 0 Å². The van der Waals surface area contributed by atoms with Gasteiger partial charge in [0.25, 0.3) is 5.91 Å². The highest BCUT2D eigenvalue weighted by Crippen LogP contribution is 2.43. The maximum Gasteiger partial charge on any atom is 0.295 e. The van der Waals surface area contributed by atoms with Gasteiger partial charge < -0.3 is 13.9 Å². The van der Waals surface area contributed by atoms with E-state index in [-0.39, 0.29) is 17.1 Å². The zero-order chi connectivity index (χ0) is 24.4. The van der Waals surface area contributed by atoms with Gasteiger partial charge in [0, 0.05) is 5.69 Å². The summed E-state index contributed by atoms with van der Waals surface area (Å²) in [7, 11) is 1.59. The zero-order valence-corrected chi connectivity index (χ0v) is 19.8. The second-order valence-electron chi connectivity index (χ2n) is 8.55. The van der Waals surface area contributed by atoms with Crippen LogP contribution >= 0.6 is 0 Å². The Morgan fingerprint density at radius 1 is 0.914 bits per heavy atom. The number of anilines is 1. The molecule has 5 rings (SSSR count). The van der Waals surface area contributed by atoms with Gasteiger partial charge in [-0.25, -0.2) is 0 Å². The van der Waals surface area contributed by atoms with Gasteiger partial charge in [0.1, 0.15) is 5.58 Å². The van der Waals surface area contributed by atoms with Crippen LogP contribution in [0, 0.1) is 0 Å². The number of benzene rings is 3. The van der Waals surface area contributed by atoms with Crippen molar-refractivity contribution in [2.24, 2.45) is 0 Å². The van der Waals surface area contributed by atoms with E-state index in [0.717, 1.165) is 24.8 Å². The van der Waals surface area contributed by atoms with Crippen LogP contribution in [0.5, 0.6) is 11.5 Å². The smallest absolute Gasteiger partial charge is 0.295 e. The van der Waals surface area contributed by atoms with E-state index in [4.69, 9.17) is 13.9 Å². The van der Waals surface area contributed by atoms with Crippen LogP contribution < -0.4 is 19.8 Å². The second kappa shape index (κ2) is 9.66. The van der Waals surface area contributed by atoms with Gasteiger partial charge in [-0.15, -0.1) is 0 Å². The van der Waals surface area contributed by atoms with Gasteiger partial charge in [0.15, 0.2) is 16.9 Å². The Labute approximate surface area is 203 Å². The summed E-state index contributed by atoms with van der Waals surface area (Å²) in [5.74, 6) is 0.908. The summed E-state index contributed by atoms with van der Waals surface area (Å²) in [5.41, 5.74) is 1.93. The average molecular weight is 470 g/mol. The largest absolute Gasteiger partial charge is 0.493 e. The van der Waals surface area contributed by atoms with Crippen molar-refractivity contribution in [2.75, 3.05) is 18.6 Å². The van der Waals surface area contributed by atoms with E-state index in [1.807, 2.05) is 48.5 Å². The lowest BCUT2D eigenvalue weighted by atomic mass is 9.97. The number of ether oxygens (including phenoxy) is 2. The van der Waals surface area contributed by atoms with Crippen LogP contribution in [-0.2, 0) is 0 Å². The predicted octanol–water partition coefficient (Wildman–Crippen LogP) is 6.12. The normalized spacial score (nSPS) is 14.9. The molecule has 1 amide bonds. The fourth-order valence-corrected chi connectivity index (χ4v) is 4.60. The van der Waals surface area contributed by atoms with Gasteiger partial charge in [-0.2, -0.15) is 0 Å². The molecule has 35 heavy (non-hydrogen) atoms. The first kappa shape index (κ1) is 22.7. The molecule has 0 aliphatic carbocycles. The Morgan fingerprint density at radius 2 is 1.69 bits per heavy atom. The first-order valence-electron chi connectivity index (χ1n) is 11.9. The maximum atomic E-state index is 13.7. The summed E-state index contributed by atoms with van der Waals surface area (Å²) in [4.78, 5) is 28.9. The van der Waals surface area contributed by atoms with Crippen molar-refractivity contribution in [3.8, 4) is 11.5 Å². The summed E-state index contributed by atoms with van der Waals surface area (Å²) in [6, 6.07) is 21.2. The number of rotatable bonds is 8. The molecule has 1 atom stereocenters. The van der Waals surface area contributed by atoms with Crippen LogP contribution in [-0.4, -0.2) is 19.6 Å². The van der Waals surface area contributed by atoms with E-state index in [1.54, 1.807) is 36.3 Å². The number of para-hydroxylation sites is 2. The van der Waals surface area contributed by atoms with Gasteiger partial charge in [-0.05, 0) is 48.4 Å². The van der Waals surface area contributed by atoms with Crippen LogP contribution in [0.2, 0.25) is 0 Å². The van der Waals surface area contributed by atoms with Crippen molar-refractivity contribution in [1.82, 2.24) is 0 Å². The molecule has 2 heterocycles. The SMILES string of the molecule is CCCCCOc1ccc(C2c3c(oc4ccccc4c3=O)C(=O)N2c2ccccc2)cc1OC. The summed E-state index contributed by atoms with van der Waals surface area (Å²) in [6.07, 6.45) is 3.17. The predicted molar refractivity (Wildman–Crippen MR) is 136 cm³/mol. The minimum Gasteiger partial charge on any atom is -0.493 e. The number of methoxy groups -OCH3 is 1. The number of hydrogen-bond donors (Lipinski definition) is 0. The molecule has 0 saturated carbocycles. The maximum absolute atomic E-state index is 13.7. The van der Waals surface area contributed by atoms with Crippen LogP contribution in [0.3, 0.4) is 0 Å². The minimum absolute atomic E-state index is 0.0708. The summed E-state index contributed by atoms with van der Waals surface area (Å²) in [5, 5.41) is 0.446. The van der Waals surface area contributed by atoms with Gasteiger partial charge in [-0.3, -0.25) is 14.5 Å². The van der Waals surface area contributed by atoms with Crippen molar-refractivity contribution in [3.05, 3.63) is 99.9 Å². The lowest BCUT2D eigenvalue weighted by Gasteiger charge is -2.26. The topological polar surface area (TPSA) is 69.0 Å². The minimum atomic E-state index is -0.663. The van der Waals surface area contributed by atoms with Gasteiger partial charge >= 0.3 is 0 Å². The fraction of sp³-hybridized carbons (Fsp3) is 0.241. The summed E-state index contributed by atoms with van der Waals surface area (Å²) >= 11 is 0. The van der Waals surface area contributed by atoms with Crippen LogP contribution in [0.15, 0.2) is 82.0 Å². The molecule has 0 N–H and O–H groups in total. The van der Waals surface area contributed by atoms with Crippen molar-refractivity contribution in [2.45, 2.75) is 32.2 Å². The molecule has 6 nitrogen and oxygen atoms in total. The Kier molecular flexibility index (Phi) is 6.27. The van der Waals surface area contributed by atoms with Crippen molar-refractivity contribution in [3.63, 3.8) is 0 Å². The molecule has 4 aromatic rings. The standard InChI is InChI=1S/C29H27NO5/c1-3-4-10-17-34-23-16-15-19(18-24(23)33-2)26-25-27(31)21-13-8-9-14-22(21)35-28(25)29(32)30(26)20-11-6-5-7-12-20/h5-9,11-16,18,26H,3-4,10,17H2,1-2H3. The monoisotopic (exact) mass is 469 g/mol. The molecule has 0 saturated heterocycles. The van der Waals surface area contributed by atoms with Crippen molar-refractivity contribution in [1.29, 1.82) is 0 Å².